The van der Waals surface area contributed by atoms with Gasteiger partial charge in [-0.15, -0.1) is 0 Å². The number of benzene rings is 1. The lowest BCUT2D eigenvalue weighted by Gasteiger charge is -2.33. The summed E-state index contributed by atoms with van der Waals surface area (Å²) in [5.74, 6) is 0.715. The Hall–Kier alpha value is -1.42. The highest BCUT2D eigenvalue weighted by Crippen LogP contribution is 2.22. The number of nitrogens with two attached hydrogens (primary N) is 1. The maximum absolute atomic E-state index is 12.4. The van der Waals surface area contributed by atoms with Crippen LogP contribution in [0.15, 0.2) is 18.2 Å². The Morgan fingerprint density at radius 3 is 2.75 bits per heavy atom. The number of piperidine rings is 1. The van der Waals surface area contributed by atoms with E-state index in [1.165, 1.54) is 0 Å². The topological polar surface area (TPSA) is 49.6 Å². The number of nitrogens with zero attached hydrogens (tertiary/aromatic N) is 2. The van der Waals surface area contributed by atoms with Crippen molar-refractivity contribution in [3.05, 3.63) is 28.8 Å². The Balaban J connectivity index is 1.98. The Bertz CT molecular complexity index is 484. The first kappa shape index (κ1) is 15.0. The lowest BCUT2D eigenvalue weighted by atomic mass is 9.99. The molecule has 20 heavy (non-hydrogen) atoms. The van der Waals surface area contributed by atoms with Gasteiger partial charge in [-0.2, -0.15) is 0 Å². The maximum atomic E-state index is 12.4. The van der Waals surface area contributed by atoms with Crippen molar-refractivity contribution in [1.29, 1.82) is 0 Å². The zero-order valence-corrected chi connectivity index (χ0v) is 12.9. The Morgan fingerprint density at radius 2 is 2.10 bits per heavy atom. The maximum Gasteiger partial charge on any atom is 0.320 e. The molecule has 0 aliphatic carbocycles. The third-order valence-corrected chi connectivity index (χ3v) is 4.23. The van der Waals surface area contributed by atoms with Crippen molar-refractivity contribution in [3.8, 4) is 0 Å². The average Bonchev–Trinajstić information content (AvgIpc) is 2.43. The van der Waals surface area contributed by atoms with E-state index in [-0.39, 0.29) is 6.03 Å². The van der Waals surface area contributed by atoms with Crippen molar-refractivity contribution in [3.63, 3.8) is 0 Å². The Morgan fingerprint density at radius 1 is 1.45 bits per heavy atom. The number of nitrogen functional groups attached to an aromatic ring is 1. The molecule has 2 rings (SSSR count). The molecule has 2 amide bonds. The lowest BCUT2D eigenvalue weighted by Crippen LogP contribution is -2.44. The molecular weight excluding hydrogens is 274 g/mol. The molecule has 0 unspecified atom stereocenters. The lowest BCUT2D eigenvalue weighted by molar-refractivity contribution is 0.141. The predicted octanol–water partition coefficient (Wildman–Crippen LogP) is 3.21. The fraction of sp³-hybridized carbons (Fsp3) is 0.533. The molecule has 0 bridgehead atoms. The summed E-state index contributed by atoms with van der Waals surface area (Å²) in [5, 5.41) is 0.645. The fourth-order valence-corrected chi connectivity index (χ4v) is 2.66. The largest absolute Gasteiger partial charge is 0.399 e. The highest BCUT2D eigenvalue weighted by Gasteiger charge is 2.23. The fourth-order valence-electron chi connectivity index (χ4n) is 2.48. The number of rotatable bonds is 2. The van der Waals surface area contributed by atoms with Gasteiger partial charge in [-0.3, -0.25) is 0 Å². The number of halogens is 1. The first-order chi connectivity index (χ1) is 9.47. The minimum atomic E-state index is 0.0652. The second-order valence-electron chi connectivity index (χ2n) is 5.66. The number of hydrogen-bond acceptors (Lipinski definition) is 2. The van der Waals surface area contributed by atoms with Gasteiger partial charge in [0.2, 0.25) is 0 Å². The van der Waals surface area contributed by atoms with Gasteiger partial charge in [0.25, 0.3) is 0 Å². The minimum Gasteiger partial charge on any atom is -0.399 e. The van der Waals surface area contributed by atoms with Crippen LogP contribution in [0.3, 0.4) is 0 Å². The van der Waals surface area contributed by atoms with Crippen molar-refractivity contribution in [2.45, 2.75) is 26.3 Å². The smallest absolute Gasteiger partial charge is 0.320 e. The van der Waals surface area contributed by atoms with Crippen molar-refractivity contribution in [2.24, 2.45) is 5.92 Å². The normalized spacial score (nSPS) is 16.2. The molecule has 4 nitrogen and oxygen atoms in total. The SMILES string of the molecule is CC1CCN(C(=O)N(C)Cc2cc(N)ccc2Cl)CC1. The van der Waals surface area contributed by atoms with Gasteiger partial charge in [0.15, 0.2) is 0 Å². The second-order valence-corrected chi connectivity index (χ2v) is 6.07. The molecule has 110 valence electrons. The van der Waals surface area contributed by atoms with Crippen LogP contribution in [-0.2, 0) is 6.54 Å². The van der Waals surface area contributed by atoms with Gasteiger partial charge in [0, 0.05) is 37.4 Å². The van der Waals surface area contributed by atoms with Crippen molar-refractivity contribution < 1.29 is 4.79 Å². The van der Waals surface area contributed by atoms with E-state index in [1.54, 1.807) is 24.1 Å². The van der Waals surface area contributed by atoms with Crippen LogP contribution in [0.25, 0.3) is 0 Å². The van der Waals surface area contributed by atoms with Crippen LogP contribution in [0.5, 0.6) is 0 Å². The molecule has 0 spiro atoms. The molecule has 1 fully saturated rings. The summed E-state index contributed by atoms with van der Waals surface area (Å²) < 4.78 is 0. The van der Waals surface area contributed by atoms with Crippen LogP contribution in [0.2, 0.25) is 5.02 Å². The second kappa shape index (κ2) is 6.35. The molecule has 1 saturated heterocycles. The standard InChI is InChI=1S/C15H22ClN3O/c1-11-5-7-19(8-6-11)15(20)18(2)10-12-9-13(17)3-4-14(12)16/h3-4,9,11H,5-8,10,17H2,1-2H3. The first-order valence-electron chi connectivity index (χ1n) is 7.01. The van der Waals surface area contributed by atoms with Crippen LogP contribution >= 0.6 is 11.6 Å². The molecule has 1 aliphatic heterocycles. The van der Waals surface area contributed by atoms with Gasteiger partial charge < -0.3 is 15.5 Å². The molecule has 1 aromatic carbocycles. The number of carbonyl (C=O) groups excluding carboxylic acids is 1. The molecular formula is C15H22ClN3O. The van der Waals surface area contributed by atoms with Crippen LogP contribution in [0.4, 0.5) is 10.5 Å². The number of anilines is 1. The van der Waals surface area contributed by atoms with Crippen LogP contribution in [0, 0.1) is 5.92 Å². The van der Waals surface area contributed by atoms with Gasteiger partial charge >= 0.3 is 6.03 Å². The summed E-state index contributed by atoms with van der Waals surface area (Å²) in [7, 11) is 1.81. The monoisotopic (exact) mass is 295 g/mol. The summed E-state index contributed by atoms with van der Waals surface area (Å²) in [5.41, 5.74) is 7.31. The van der Waals surface area contributed by atoms with Gasteiger partial charge in [-0.1, -0.05) is 18.5 Å². The summed E-state index contributed by atoms with van der Waals surface area (Å²) >= 11 is 6.14. The van der Waals surface area contributed by atoms with Gasteiger partial charge in [0.05, 0.1) is 0 Å². The number of urea groups is 1. The Kier molecular flexibility index (Phi) is 4.76. The third-order valence-electron chi connectivity index (χ3n) is 3.86. The molecule has 0 saturated carbocycles. The summed E-state index contributed by atoms with van der Waals surface area (Å²) in [4.78, 5) is 16.0. The van der Waals surface area contributed by atoms with Gasteiger partial charge in [-0.25, -0.2) is 4.79 Å². The number of carbonyl (C=O) groups is 1. The van der Waals surface area contributed by atoms with E-state index in [2.05, 4.69) is 6.92 Å². The van der Waals surface area contributed by atoms with E-state index < -0.39 is 0 Å². The van der Waals surface area contributed by atoms with Crippen LogP contribution < -0.4 is 5.73 Å². The summed E-state index contributed by atoms with van der Waals surface area (Å²) in [6.45, 7) is 4.40. The van der Waals surface area contributed by atoms with E-state index in [0.29, 0.717) is 23.2 Å². The van der Waals surface area contributed by atoms with Gasteiger partial charge in [-0.05, 0) is 42.5 Å². The number of likely N-dealkylation sites (tertiary alicyclic amines) is 1. The van der Waals surface area contributed by atoms with Crippen molar-refractivity contribution in [2.75, 3.05) is 25.9 Å². The Labute approximate surface area is 125 Å². The molecule has 0 aromatic heterocycles. The van der Waals surface area contributed by atoms with E-state index in [0.717, 1.165) is 31.5 Å². The molecule has 1 aliphatic rings. The number of amides is 2. The predicted molar refractivity (Wildman–Crippen MR) is 82.7 cm³/mol. The summed E-state index contributed by atoms with van der Waals surface area (Å²) in [6, 6.07) is 5.42. The highest BCUT2D eigenvalue weighted by molar-refractivity contribution is 6.31. The quantitative estimate of drug-likeness (QED) is 0.852. The van der Waals surface area contributed by atoms with Gasteiger partial charge in [0.1, 0.15) is 0 Å². The van der Waals surface area contributed by atoms with E-state index >= 15 is 0 Å². The van der Waals surface area contributed by atoms with Crippen molar-refractivity contribution in [1.82, 2.24) is 9.80 Å². The van der Waals surface area contributed by atoms with E-state index in [1.807, 2.05) is 11.0 Å². The summed E-state index contributed by atoms with van der Waals surface area (Å²) in [6.07, 6.45) is 2.16. The zero-order chi connectivity index (χ0) is 14.7. The highest BCUT2D eigenvalue weighted by atomic mass is 35.5. The van der Waals surface area contributed by atoms with E-state index in [9.17, 15) is 4.79 Å². The third kappa shape index (κ3) is 3.57. The molecule has 0 atom stereocenters. The molecule has 5 heteroatoms. The first-order valence-corrected chi connectivity index (χ1v) is 7.39. The molecule has 2 N–H and O–H groups in total. The van der Waals surface area contributed by atoms with E-state index in [4.69, 9.17) is 17.3 Å². The number of hydrogen-bond donors (Lipinski definition) is 1. The molecule has 1 heterocycles. The minimum absolute atomic E-state index is 0.0652. The molecule has 1 aromatic rings. The van der Waals surface area contributed by atoms with Crippen molar-refractivity contribution >= 4 is 23.3 Å². The molecule has 0 radical (unpaired) electrons. The average molecular weight is 296 g/mol. The zero-order valence-electron chi connectivity index (χ0n) is 12.1. The van der Waals surface area contributed by atoms with Crippen LogP contribution in [0.1, 0.15) is 25.3 Å². The van der Waals surface area contributed by atoms with Crippen LogP contribution in [-0.4, -0.2) is 36.0 Å².